The summed E-state index contributed by atoms with van der Waals surface area (Å²) in [4.78, 5) is 8.56. The number of anilines is 1. The van der Waals surface area contributed by atoms with Crippen LogP contribution in [0.2, 0.25) is 5.02 Å². The number of fused-ring (bicyclic) bond motifs is 1. The molecule has 0 amide bonds. The lowest BCUT2D eigenvalue weighted by molar-refractivity contribution is 0.211. The van der Waals surface area contributed by atoms with Crippen LogP contribution in [0.25, 0.3) is 10.9 Å². The highest BCUT2D eigenvalue weighted by Crippen LogP contribution is 2.34. The molecule has 6 nitrogen and oxygen atoms in total. The van der Waals surface area contributed by atoms with Crippen LogP contribution in [0.3, 0.4) is 0 Å². The van der Waals surface area contributed by atoms with Crippen molar-refractivity contribution in [3.8, 4) is 0 Å². The molecular weight excluding hydrogens is 342 g/mol. The van der Waals surface area contributed by atoms with Crippen molar-refractivity contribution >= 4 is 50.7 Å². The molecule has 2 heterocycles. The number of aromatic nitrogens is 4. The third-order valence-corrected chi connectivity index (χ3v) is 4.92. The zero-order valence-electron chi connectivity index (χ0n) is 11.6. The zero-order chi connectivity index (χ0) is 15.4. The fourth-order valence-corrected chi connectivity index (χ4v) is 3.69. The number of nitrogens with zero attached hydrogens (tertiary/aromatic N) is 4. The van der Waals surface area contributed by atoms with Crippen LogP contribution in [0.5, 0.6) is 0 Å². The van der Waals surface area contributed by atoms with Crippen LogP contribution in [0.4, 0.5) is 5.13 Å². The molecule has 1 N–H and O–H groups in total. The van der Waals surface area contributed by atoms with Crippen molar-refractivity contribution in [1.29, 1.82) is 0 Å². The summed E-state index contributed by atoms with van der Waals surface area (Å²) in [5.41, 5.74) is 0.813. The molecule has 0 fully saturated rings. The number of rotatable bonds is 6. The molecule has 0 saturated heterocycles. The van der Waals surface area contributed by atoms with Crippen molar-refractivity contribution in [2.45, 2.75) is 9.37 Å². The Kier molecular flexibility index (Phi) is 5.04. The van der Waals surface area contributed by atoms with E-state index in [1.54, 1.807) is 7.11 Å². The Morgan fingerprint density at radius 2 is 2.23 bits per heavy atom. The van der Waals surface area contributed by atoms with Gasteiger partial charge in [0.2, 0.25) is 5.13 Å². The van der Waals surface area contributed by atoms with Crippen LogP contribution in [0, 0.1) is 0 Å². The Labute approximate surface area is 140 Å². The van der Waals surface area contributed by atoms with Crippen LogP contribution in [0.15, 0.2) is 33.9 Å². The normalized spacial score (nSPS) is 11.0. The Hall–Kier alpha value is -1.48. The average molecular weight is 354 g/mol. The molecule has 0 atom stereocenters. The quantitative estimate of drug-likeness (QED) is 0.538. The summed E-state index contributed by atoms with van der Waals surface area (Å²) < 4.78 is 5.80. The van der Waals surface area contributed by atoms with E-state index >= 15 is 0 Å². The standard InChI is InChI=1S/C13H12ClN5OS2/c1-20-5-4-15-12-18-19-13(22-12)21-11-9-3-2-8(14)6-10(9)16-7-17-11/h2-3,6-7H,4-5H2,1H3,(H,15,18). The summed E-state index contributed by atoms with van der Waals surface area (Å²) in [7, 11) is 1.66. The van der Waals surface area contributed by atoms with Crippen molar-refractivity contribution in [3.05, 3.63) is 29.5 Å². The van der Waals surface area contributed by atoms with Crippen LogP contribution in [-0.4, -0.2) is 40.4 Å². The van der Waals surface area contributed by atoms with Crippen LogP contribution < -0.4 is 5.32 Å². The maximum absolute atomic E-state index is 5.99. The van der Waals surface area contributed by atoms with Crippen molar-refractivity contribution in [1.82, 2.24) is 20.2 Å². The fraction of sp³-hybridized carbons (Fsp3) is 0.231. The molecule has 114 valence electrons. The largest absolute Gasteiger partial charge is 0.383 e. The number of hydrogen-bond donors (Lipinski definition) is 1. The van der Waals surface area contributed by atoms with E-state index in [4.69, 9.17) is 16.3 Å². The van der Waals surface area contributed by atoms with Gasteiger partial charge in [0.25, 0.3) is 0 Å². The third kappa shape index (κ3) is 3.64. The Balaban J connectivity index is 1.78. The van der Waals surface area contributed by atoms with E-state index in [0.717, 1.165) is 25.4 Å². The molecule has 3 rings (SSSR count). The van der Waals surface area contributed by atoms with Gasteiger partial charge in [-0.25, -0.2) is 9.97 Å². The first-order valence-electron chi connectivity index (χ1n) is 6.40. The summed E-state index contributed by atoms with van der Waals surface area (Å²) in [6.45, 7) is 1.32. The topological polar surface area (TPSA) is 72.8 Å². The van der Waals surface area contributed by atoms with Gasteiger partial charge in [-0.05, 0) is 30.0 Å². The Bertz CT molecular complexity index is 782. The molecular formula is C13H12ClN5OS2. The maximum Gasteiger partial charge on any atom is 0.206 e. The molecule has 0 unspecified atom stereocenters. The second-order valence-corrected chi connectivity index (χ2v) is 6.88. The molecule has 0 aliphatic rings. The van der Waals surface area contributed by atoms with Gasteiger partial charge in [-0.3, -0.25) is 0 Å². The van der Waals surface area contributed by atoms with Crippen LogP contribution >= 0.6 is 34.7 Å². The second kappa shape index (κ2) is 7.19. The SMILES string of the molecule is COCCNc1nnc(Sc2ncnc3cc(Cl)ccc23)s1. The van der Waals surface area contributed by atoms with Crippen LogP contribution in [0.1, 0.15) is 0 Å². The molecule has 0 spiro atoms. The molecule has 0 aliphatic heterocycles. The monoisotopic (exact) mass is 353 g/mol. The van der Waals surface area contributed by atoms with Crippen LogP contribution in [-0.2, 0) is 4.74 Å². The van der Waals surface area contributed by atoms with Crippen molar-refractivity contribution in [3.63, 3.8) is 0 Å². The van der Waals surface area contributed by atoms with E-state index < -0.39 is 0 Å². The molecule has 0 aliphatic carbocycles. The van der Waals surface area contributed by atoms with E-state index in [1.165, 1.54) is 29.4 Å². The van der Waals surface area contributed by atoms with Crippen molar-refractivity contribution in [2.24, 2.45) is 0 Å². The molecule has 2 aromatic heterocycles. The predicted octanol–water partition coefficient (Wildman–Crippen LogP) is 3.34. The number of ether oxygens (including phenoxy) is 1. The molecule has 0 saturated carbocycles. The molecule has 22 heavy (non-hydrogen) atoms. The lowest BCUT2D eigenvalue weighted by Crippen LogP contribution is -2.06. The van der Waals surface area contributed by atoms with Gasteiger partial charge < -0.3 is 10.1 Å². The van der Waals surface area contributed by atoms with Gasteiger partial charge in [-0.1, -0.05) is 22.9 Å². The van der Waals surface area contributed by atoms with Gasteiger partial charge in [0.05, 0.1) is 12.1 Å². The van der Waals surface area contributed by atoms with E-state index in [9.17, 15) is 0 Å². The Morgan fingerprint density at radius 3 is 3.09 bits per heavy atom. The Morgan fingerprint density at radius 1 is 1.32 bits per heavy atom. The number of benzene rings is 1. The molecule has 1 aromatic carbocycles. The summed E-state index contributed by atoms with van der Waals surface area (Å²) in [6, 6.07) is 5.56. The second-order valence-electron chi connectivity index (χ2n) is 4.24. The summed E-state index contributed by atoms with van der Waals surface area (Å²) in [6.07, 6.45) is 1.53. The predicted molar refractivity (Wildman–Crippen MR) is 88.9 cm³/mol. The summed E-state index contributed by atoms with van der Waals surface area (Å²) in [5.74, 6) is 0. The first-order valence-corrected chi connectivity index (χ1v) is 8.42. The minimum absolute atomic E-state index is 0.624. The molecule has 0 bridgehead atoms. The molecule has 0 radical (unpaired) electrons. The van der Waals surface area contributed by atoms with Gasteiger partial charge in [-0.2, -0.15) is 0 Å². The number of nitrogens with one attached hydrogen (secondary N) is 1. The number of hydrogen-bond acceptors (Lipinski definition) is 8. The molecule has 3 aromatic rings. The zero-order valence-corrected chi connectivity index (χ0v) is 14.0. The van der Waals surface area contributed by atoms with E-state index in [1.807, 2.05) is 18.2 Å². The van der Waals surface area contributed by atoms with Gasteiger partial charge in [0.15, 0.2) is 4.34 Å². The fourth-order valence-electron chi connectivity index (χ4n) is 1.75. The van der Waals surface area contributed by atoms with Gasteiger partial charge in [0, 0.05) is 24.1 Å². The number of methoxy groups -OCH3 is 1. The van der Waals surface area contributed by atoms with E-state index in [2.05, 4.69) is 25.5 Å². The van der Waals surface area contributed by atoms with Crippen molar-refractivity contribution < 1.29 is 4.74 Å². The molecule has 9 heteroatoms. The number of halogens is 1. The summed E-state index contributed by atoms with van der Waals surface area (Å²) >= 11 is 8.93. The smallest absolute Gasteiger partial charge is 0.206 e. The highest BCUT2D eigenvalue weighted by Gasteiger charge is 2.10. The first-order chi connectivity index (χ1) is 10.8. The van der Waals surface area contributed by atoms with Crippen molar-refractivity contribution in [2.75, 3.05) is 25.6 Å². The first kappa shape index (κ1) is 15.4. The minimum Gasteiger partial charge on any atom is -0.383 e. The third-order valence-electron chi connectivity index (χ3n) is 2.73. The average Bonchev–Trinajstić information content (AvgIpc) is 2.95. The van der Waals surface area contributed by atoms with Gasteiger partial charge in [0.1, 0.15) is 11.4 Å². The van der Waals surface area contributed by atoms with Gasteiger partial charge >= 0.3 is 0 Å². The highest BCUT2D eigenvalue weighted by molar-refractivity contribution is 8.01. The lowest BCUT2D eigenvalue weighted by Gasteiger charge is -2.02. The van der Waals surface area contributed by atoms with Gasteiger partial charge in [-0.15, -0.1) is 10.2 Å². The maximum atomic E-state index is 5.99. The summed E-state index contributed by atoms with van der Waals surface area (Å²) in [5, 5.41) is 14.6. The van der Waals surface area contributed by atoms with E-state index in [0.29, 0.717) is 18.2 Å². The lowest BCUT2D eigenvalue weighted by atomic mass is 10.2. The van der Waals surface area contributed by atoms with E-state index in [-0.39, 0.29) is 0 Å². The minimum atomic E-state index is 0.624. The highest BCUT2D eigenvalue weighted by atomic mass is 35.5.